The van der Waals surface area contributed by atoms with E-state index in [-0.39, 0.29) is 23.2 Å². The van der Waals surface area contributed by atoms with E-state index in [0.717, 1.165) is 52.8 Å². The Morgan fingerprint density at radius 3 is 2.51 bits per heavy atom. The lowest BCUT2D eigenvalue weighted by Crippen LogP contribution is -2.35. The third-order valence-corrected chi connectivity index (χ3v) is 9.62. The molecule has 3 aromatic carbocycles. The zero-order valence-electron chi connectivity index (χ0n) is 22.3. The summed E-state index contributed by atoms with van der Waals surface area (Å²) in [6.45, 7) is 3.83. The number of hydrogen-bond donors (Lipinski definition) is 0. The molecule has 0 saturated heterocycles. The molecular weight excluding hydrogens is 552 g/mol. The van der Waals surface area contributed by atoms with Crippen LogP contribution in [0.15, 0.2) is 71.6 Å². The predicted molar refractivity (Wildman–Crippen MR) is 162 cm³/mol. The Hall–Kier alpha value is -2.98. The fraction of sp³-hybridized carbons (Fsp3) is 0.310. The minimum absolute atomic E-state index is 0. The van der Waals surface area contributed by atoms with Crippen molar-refractivity contribution < 1.29 is 13.2 Å². The molecule has 0 fully saturated rings. The standard InChI is InChI=1S/C29H32N4O3S2.ClH/c1-21-11-16-25-27(20-21)37-29(30-25)32(18-7-17-31(2)3)28(34)23-12-14-24(15-13-23)38(35,36)33-19-6-9-22-8-4-5-10-26(22)33;/h4-5,8,10-16,20H,6-7,9,17-19H2,1-3H3;1H. The van der Waals surface area contributed by atoms with Crippen LogP contribution in [0.5, 0.6) is 0 Å². The maximum Gasteiger partial charge on any atom is 0.264 e. The molecule has 1 aliphatic heterocycles. The number of thiazole rings is 1. The van der Waals surface area contributed by atoms with Gasteiger partial charge in [-0.3, -0.25) is 14.0 Å². The molecule has 1 aliphatic rings. The summed E-state index contributed by atoms with van der Waals surface area (Å²) in [5.74, 6) is -0.188. The van der Waals surface area contributed by atoms with Crippen LogP contribution in [0.3, 0.4) is 0 Å². The summed E-state index contributed by atoms with van der Waals surface area (Å²) in [7, 11) is 0.270. The number of benzene rings is 3. The van der Waals surface area contributed by atoms with E-state index in [1.807, 2.05) is 57.4 Å². The highest BCUT2D eigenvalue weighted by atomic mass is 35.5. The predicted octanol–water partition coefficient (Wildman–Crippen LogP) is 5.77. The van der Waals surface area contributed by atoms with Crippen LogP contribution < -0.4 is 9.21 Å². The topological polar surface area (TPSA) is 73.8 Å². The molecule has 0 bridgehead atoms. The molecule has 0 atom stereocenters. The average molecular weight is 585 g/mol. The van der Waals surface area contributed by atoms with Crippen molar-refractivity contribution in [2.24, 2.45) is 0 Å². The first kappa shape index (κ1) is 29.0. The molecule has 7 nitrogen and oxygen atoms in total. The lowest BCUT2D eigenvalue weighted by molar-refractivity contribution is 0.0986. The van der Waals surface area contributed by atoms with Gasteiger partial charge in [-0.1, -0.05) is 35.6 Å². The van der Waals surface area contributed by atoms with Gasteiger partial charge in [0.05, 0.1) is 20.8 Å². The van der Waals surface area contributed by atoms with E-state index in [4.69, 9.17) is 4.98 Å². The van der Waals surface area contributed by atoms with Gasteiger partial charge in [0.2, 0.25) is 0 Å². The fourth-order valence-electron chi connectivity index (χ4n) is 4.77. The van der Waals surface area contributed by atoms with Crippen molar-refractivity contribution in [2.75, 3.05) is 42.9 Å². The first-order valence-electron chi connectivity index (χ1n) is 12.8. The Labute approximate surface area is 240 Å². The number of fused-ring (bicyclic) bond motifs is 2. The summed E-state index contributed by atoms with van der Waals surface area (Å²) in [5, 5.41) is 0.649. The van der Waals surface area contributed by atoms with Crippen LogP contribution in [0, 0.1) is 6.92 Å². The number of carbonyl (C=O) groups is 1. The number of amides is 1. The van der Waals surface area contributed by atoms with Gasteiger partial charge < -0.3 is 4.90 Å². The van der Waals surface area contributed by atoms with Gasteiger partial charge in [0, 0.05) is 18.7 Å². The molecule has 1 amide bonds. The number of nitrogens with zero attached hydrogens (tertiary/aromatic N) is 4. The Bertz CT molecular complexity index is 1570. The van der Waals surface area contributed by atoms with Crippen LogP contribution in [0.1, 0.15) is 34.3 Å². The Morgan fingerprint density at radius 2 is 1.77 bits per heavy atom. The minimum atomic E-state index is -3.74. The van der Waals surface area contributed by atoms with Crippen LogP contribution in [0.4, 0.5) is 10.8 Å². The molecular formula is C29H33ClN4O3S2. The molecule has 0 N–H and O–H groups in total. The number of aryl methyl sites for hydroxylation is 2. The van der Waals surface area contributed by atoms with Gasteiger partial charge >= 0.3 is 0 Å². The van der Waals surface area contributed by atoms with Gasteiger partial charge in [-0.2, -0.15) is 0 Å². The maximum atomic E-state index is 13.7. The second-order valence-corrected chi connectivity index (χ2v) is 12.8. The molecule has 0 saturated carbocycles. The summed E-state index contributed by atoms with van der Waals surface area (Å²) in [6.07, 6.45) is 2.43. The van der Waals surface area contributed by atoms with Gasteiger partial charge in [0.1, 0.15) is 0 Å². The van der Waals surface area contributed by atoms with E-state index in [1.54, 1.807) is 29.2 Å². The quantitative estimate of drug-likeness (QED) is 0.263. The van der Waals surface area contributed by atoms with Crippen molar-refractivity contribution in [3.05, 3.63) is 83.4 Å². The van der Waals surface area contributed by atoms with E-state index in [0.29, 0.717) is 23.8 Å². The molecule has 10 heteroatoms. The van der Waals surface area contributed by atoms with Gasteiger partial charge in [0.25, 0.3) is 15.9 Å². The molecule has 0 unspecified atom stereocenters. The first-order chi connectivity index (χ1) is 18.2. The molecule has 2 heterocycles. The van der Waals surface area contributed by atoms with Crippen LogP contribution in [-0.2, 0) is 16.4 Å². The van der Waals surface area contributed by atoms with Crippen LogP contribution >= 0.6 is 23.7 Å². The van der Waals surface area contributed by atoms with E-state index in [2.05, 4.69) is 11.0 Å². The molecule has 1 aromatic heterocycles. The number of hydrogen-bond acceptors (Lipinski definition) is 6. The van der Waals surface area contributed by atoms with Crippen molar-refractivity contribution in [1.82, 2.24) is 9.88 Å². The Balaban J connectivity index is 0.00000353. The third-order valence-electron chi connectivity index (χ3n) is 6.75. The highest BCUT2D eigenvalue weighted by Crippen LogP contribution is 2.33. The zero-order valence-corrected chi connectivity index (χ0v) is 24.8. The van der Waals surface area contributed by atoms with Crippen molar-refractivity contribution >= 4 is 60.7 Å². The Morgan fingerprint density at radius 1 is 1.03 bits per heavy atom. The first-order valence-corrected chi connectivity index (χ1v) is 15.0. The summed E-state index contributed by atoms with van der Waals surface area (Å²) in [4.78, 5) is 22.4. The summed E-state index contributed by atoms with van der Waals surface area (Å²) in [5.41, 5.74) is 4.21. The highest BCUT2D eigenvalue weighted by Gasteiger charge is 2.29. The van der Waals surface area contributed by atoms with Crippen molar-refractivity contribution in [3.8, 4) is 0 Å². The second kappa shape index (κ2) is 12.0. The number of aromatic nitrogens is 1. The zero-order chi connectivity index (χ0) is 26.9. The molecule has 0 spiro atoms. The SMILES string of the molecule is Cc1ccc2nc(N(CCCN(C)C)C(=O)c3ccc(S(=O)(=O)N4CCCc5ccccc54)cc3)sc2c1.Cl. The number of anilines is 2. The number of para-hydroxylation sites is 1. The monoisotopic (exact) mass is 584 g/mol. The largest absolute Gasteiger partial charge is 0.309 e. The molecule has 0 radical (unpaired) electrons. The van der Waals surface area contributed by atoms with Gasteiger partial charge in [-0.05, 0) is 100 Å². The highest BCUT2D eigenvalue weighted by molar-refractivity contribution is 7.92. The minimum Gasteiger partial charge on any atom is -0.309 e. The van der Waals surface area contributed by atoms with Crippen molar-refractivity contribution in [3.63, 3.8) is 0 Å². The lowest BCUT2D eigenvalue weighted by atomic mass is 10.0. The van der Waals surface area contributed by atoms with E-state index in [1.165, 1.54) is 15.6 Å². The van der Waals surface area contributed by atoms with Crippen molar-refractivity contribution in [2.45, 2.75) is 31.1 Å². The summed E-state index contributed by atoms with van der Waals surface area (Å²) >= 11 is 1.50. The molecule has 4 aromatic rings. The van der Waals surface area contributed by atoms with E-state index in [9.17, 15) is 13.2 Å². The van der Waals surface area contributed by atoms with Gasteiger partial charge in [-0.15, -0.1) is 12.4 Å². The number of rotatable bonds is 8. The third kappa shape index (κ3) is 6.11. The number of carbonyl (C=O) groups excluding carboxylic acids is 1. The normalized spacial score (nSPS) is 13.3. The molecule has 206 valence electrons. The number of halogens is 1. The lowest BCUT2D eigenvalue weighted by Gasteiger charge is -2.30. The van der Waals surface area contributed by atoms with Crippen LogP contribution in [0.25, 0.3) is 10.2 Å². The van der Waals surface area contributed by atoms with E-state index >= 15 is 0 Å². The number of sulfonamides is 1. The summed E-state index contributed by atoms with van der Waals surface area (Å²) < 4.78 is 29.6. The maximum absolute atomic E-state index is 13.7. The fourth-order valence-corrected chi connectivity index (χ4v) is 7.39. The summed E-state index contributed by atoms with van der Waals surface area (Å²) in [6, 6.07) is 20.0. The molecule has 39 heavy (non-hydrogen) atoms. The second-order valence-electron chi connectivity index (χ2n) is 9.92. The van der Waals surface area contributed by atoms with Crippen LogP contribution in [0.2, 0.25) is 0 Å². The van der Waals surface area contributed by atoms with E-state index < -0.39 is 10.0 Å². The smallest absolute Gasteiger partial charge is 0.264 e. The Kier molecular flexibility index (Phi) is 8.96. The van der Waals surface area contributed by atoms with Crippen LogP contribution in [-0.4, -0.2) is 57.9 Å². The average Bonchev–Trinajstić information content (AvgIpc) is 3.33. The molecule has 0 aliphatic carbocycles. The van der Waals surface area contributed by atoms with Crippen molar-refractivity contribution in [1.29, 1.82) is 0 Å². The van der Waals surface area contributed by atoms with Gasteiger partial charge in [-0.25, -0.2) is 13.4 Å². The van der Waals surface area contributed by atoms with Gasteiger partial charge in [0.15, 0.2) is 5.13 Å². The molecule has 5 rings (SSSR count).